The molecule has 28 heavy (non-hydrogen) atoms. The lowest BCUT2D eigenvalue weighted by Gasteiger charge is -2.02. The molecular formula is C22H20O6. The zero-order valence-electron chi connectivity index (χ0n) is 16.1. The summed E-state index contributed by atoms with van der Waals surface area (Å²) in [6.45, 7) is 3.04. The second kappa shape index (κ2) is 8.00. The van der Waals surface area contributed by atoms with Crippen molar-refractivity contribution in [3.05, 3.63) is 60.1 Å². The Morgan fingerprint density at radius 1 is 0.679 bits per heavy atom. The van der Waals surface area contributed by atoms with E-state index in [-0.39, 0.29) is 11.6 Å². The first-order valence-corrected chi connectivity index (χ1v) is 8.58. The van der Waals surface area contributed by atoms with E-state index in [4.69, 9.17) is 18.3 Å². The number of fused-ring (bicyclic) bond motifs is 2. The van der Waals surface area contributed by atoms with Crippen LogP contribution >= 0.6 is 0 Å². The molecule has 0 N–H and O–H groups in total. The van der Waals surface area contributed by atoms with Crippen molar-refractivity contribution in [1.29, 1.82) is 0 Å². The van der Waals surface area contributed by atoms with Crippen LogP contribution in [0.2, 0.25) is 0 Å². The van der Waals surface area contributed by atoms with Crippen molar-refractivity contribution in [1.82, 2.24) is 0 Å². The van der Waals surface area contributed by atoms with Gasteiger partial charge in [-0.15, -0.1) is 0 Å². The van der Waals surface area contributed by atoms with Crippen LogP contribution in [0, 0.1) is 0 Å². The number of furan rings is 2. The summed E-state index contributed by atoms with van der Waals surface area (Å²) >= 11 is 0. The molecule has 0 saturated heterocycles. The van der Waals surface area contributed by atoms with Crippen LogP contribution in [0.25, 0.3) is 21.9 Å². The van der Waals surface area contributed by atoms with Crippen molar-refractivity contribution in [3.8, 4) is 11.5 Å². The number of Topliss-reactive ketones (excluding diaryl/α,β-unsaturated/α-hetero) is 2. The fourth-order valence-electron chi connectivity index (χ4n) is 2.98. The van der Waals surface area contributed by atoms with Gasteiger partial charge in [-0.1, -0.05) is 0 Å². The highest BCUT2D eigenvalue weighted by Gasteiger charge is 2.13. The van der Waals surface area contributed by atoms with Crippen LogP contribution < -0.4 is 9.47 Å². The zero-order valence-corrected chi connectivity index (χ0v) is 16.1. The molecule has 0 fully saturated rings. The van der Waals surface area contributed by atoms with Crippen molar-refractivity contribution in [2.24, 2.45) is 0 Å². The van der Waals surface area contributed by atoms with Gasteiger partial charge in [0.15, 0.2) is 11.6 Å². The Morgan fingerprint density at radius 2 is 1.07 bits per heavy atom. The molecule has 0 aliphatic carbocycles. The third-order valence-corrected chi connectivity index (χ3v) is 4.35. The first kappa shape index (κ1) is 19.2. The number of ether oxygens (including phenoxy) is 2. The van der Waals surface area contributed by atoms with Gasteiger partial charge in [-0.3, -0.25) is 9.59 Å². The average Bonchev–Trinajstić information content (AvgIpc) is 3.36. The molecule has 6 heteroatoms. The maximum atomic E-state index is 11.3. The molecule has 0 radical (unpaired) electrons. The number of hydrogen-bond donors (Lipinski definition) is 0. The molecule has 144 valence electrons. The molecule has 0 spiro atoms. The Kier molecular flexibility index (Phi) is 5.49. The Hall–Kier alpha value is -3.54. The minimum Gasteiger partial charge on any atom is -0.496 e. The lowest BCUT2D eigenvalue weighted by molar-refractivity contribution is 0.100. The molecule has 0 aliphatic heterocycles. The molecule has 2 aromatic heterocycles. The number of hydrogen-bond acceptors (Lipinski definition) is 6. The van der Waals surface area contributed by atoms with E-state index in [1.807, 2.05) is 0 Å². The number of carbonyl (C=O) groups is 2. The fraction of sp³-hybridized carbons (Fsp3) is 0.182. The molecule has 0 bridgehead atoms. The van der Waals surface area contributed by atoms with Gasteiger partial charge in [0.05, 0.1) is 48.6 Å². The summed E-state index contributed by atoms with van der Waals surface area (Å²) in [5.41, 5.74) is 2.37. The number of carbonyl (C=O) groups excluding carboxylic acids is 2. The molecule has 4 rings (SSSR count). The normalized spacial score (nSPS) is 10.4. The Morgan fingerprint density at radius 3 is 1.39 bits per heavy atom. The van der Waals surface area contributed by atoms with Crippen LogP contribution in [0.4, 0.5) is 0 Å². The smallest absolute Gasteiger partial charge is 0.163 e. The van der Waals surface area contributed by atoms with Crippen molar-refractivity contribution in [3.63, 3.8) is 0 Å². The summed E-state index contributed by atoms with van der Waals surface area (Å²) in [6, 6.07) is 10.6. The summed E-state index contributed by atoms with van der Waals surface area (Å²) < 4.78 is 20.8. The molecule has 6 nitrogen and oxygen atoms in total. The number of benzene rings is 2. The molecule has 0 unspecified atom stereocenters. The summed E-state index contributed by atoms with van der Waals surface area (Å²) in [6.07, 6.45) is 3.11. The second-order valence-electron chi connectivity index (χ2n) is 6.07. The standard InChI is InChI=1S/2C11H10O3/c2*1-7(12)8-3-4-10(13-2)9-5-6-14-11(8)9/h2*3-6H,1-2H3. The van der Waals surface area contributed by atoms with E-state index in [1.165, 1.54) is 13.8 Å². The van der Waals surface area contributed by atoms with Crippen molar-refractivity contribution < 1.29 is 27.9 Å². The minimum atomic E-state index is -0.00685. The summed E-state index contributed by atoms with van der Waals surface area (Å²) in [4.78, 5) is 22.5. The van der Waals surface area contributed by atoms with E-state index in [1.54, 1.807) is 63.1 Å². The van der Waals surface area contributed by atoms with Crippen molar-refractivity contribution in [2.45, 2.75) is 13.8 Å². The molecule has 0 aliphatic rings. The van der Waals surface area contributed by atoms with Gasteiger partial charge in [-0.2, -0.15) is 0 Å². The lowest BCUT2D eigenvalue weighted by atomic mass is 10.1. The summed E-state index contributed by atoms with van der Waals surface area (Å²) in [5.74, 6) is 1.43. The molecule has 0 amide bonds. The van der Waals surface area contributed by atoms with Crippen LogP contribution in [0.1, 0.15) is 34.6 Å². The third kappa shape index (κ3) is 3.49. The van der Waals surface area contributed by atoms with E-state index in [2.05, 4.69) is 0 Å². The summed E-state index contributed by atoms with van der Waals surface area (Å²) in [7, 11) is 3.18. The monoisotopic (exact) mass is 380 g/mol. The van der Waals surface area contributed by atoms with Gasteiger partial charge in [0.25, 0.3) is 0 Å². The molecule has 2 heterocycles. The molecule has 0 saturated carbocycles. The van der Waals surface area contributed by atoms with Crippen LogP contribution in [0.5, 0.6) is 11.5 Å². The quantitative estimate of drug-likeness (QED) is 0.448. The first-order valence-electron chi connectivity index (χ1n) is 8.58. The van der Waals surface area contributed by atoms with E-state index in [0.29, 0.717) is 22.3 Å². The third-order valence-electron chi connectivity index (χ3n) is 4.35. The van der Waals surface area contributed by atoms with E-state index in [9.17, 15) is 9.59 Å². The lowest BCUT2D eigenvalue weighted by Crippen LogP contribution is -1.93. The number of methoxy groups -OCH3 is 2. The van der Waals surface area contributed by atoms with E-state index in [0.717, 1.165) is 22.3 Å². The Labute approximate surface area is 161 Å². The van der Waals surface area contributed by atoms with Gasteiger partial charge in [-0.05, 0) is 50.2 Å². The zero-order chi connectivity index (χ0) is 20.3. The minimum absolute atomic E-state index is 0.00685. The fourth-order valence-corrected chi connectivity index (χ4v) is 2.98. The van der Waals surface area contributed by atoms with Crippen LogP contribution in [0.3, 0.4) is 0 Å². The highest BCUT2D eigenvalue weighted by atomic mass is 16.5. The van der Waals surface area contributed by atoms with Crippen LogP contribution in [0.15, 0.2) is 57.8 Å². The number of rotatable bonds is 4. The van der Waals surface area contributed by atoms with Gasteiger partial charge >= 0.3 is 0 Å². The van der Waals surface area contributed by atoms with Crippen LogP contribution in [-0.4, -0.2) is 25.8 Å². The molecular weight excluding hydrogens is 360 g/mol. The van der Waals surface area contributed by atoms with Gasteiger partial charge in [0, 0.05) is 0 Å². The second-order valence-corrected chi connectivity index (χ2v) is 6.07. The molecule has 2 aromatic carbocycles. The largest absolute Gasteiger partial charge is 0.496 e. The SMILES string of the molecule is COc1ccc(C(C)=O)c2occc12.COc1ccc(C(C)=O)c2occc12. The predicted octanol–water partition coefficient (Wildman–Crippen LogP) is 5.29. The topological polar surface area (TPSA) is 78.9 Å². The number of ketones is 2. The highest BCUT2D eigenvalue weighted by Crippen LogP contribution is 2.30. The molecule has 0 atom stereocenters. The first-order chi connectivity index (χ1) is 13.5. The average molecular weight is 380 g/mol. The predicted molar refractivity (Wildman–Crippen MR) is 106 cm³/mol. The van der Waals surface area contributed by atoms with Gasteiger partial charge in [0.2, 0.25) is 0 Å². The van der Waals surface area contributed by atoms with Gasteiger partial charge in [-0.25, -0.2) is 0 Å². The summed E-state index contributed by atoms with van der Waals surface area (Å²) in [5, 5.41) is 1.67. The van der Waals surface area contributed by atoms with E-state index < -0.39 is 0 Å². The van der Waals surface area contributed by atoms with Gasteiger partial charge < -0.3 is 18.3 Å². The maximum absolute atomic E-state index is 11.3. The Bertz CT molecular complexity index is 1060. The van der Waals surface area contributed by atoms with Crippen molar-refractivity contribution in [2.75, 3.05) is 14.2 Å². The van der Waals surface area contributed by atoms with Gasteiger partial charge in [0.1, 0.15) is 22.7 Å². The van der Waals surface area contributed by atoms with Crippen molar-refractivity contribution >= 4 is 33.5 Å². The van der Waals surface area contributed by atoms with Crippen LogP contribution in [-0.2, 0) is 0 Å². The highest BCUT2D eigenvalue weighted by molar-refractivity contribution is 6.07. The maximum Gasteiger partial charge on any atom is 0.163 e. The Balaban J connectivity index is 0.000000161. The molecule has 4 aromatic rings. The van der Waals surface area contributed by atoms with E-state index >= 15 is 0 Å².